The first kappa shape index (κ1) is 30.0. The summed E-state index contributed by atoms with van der Waals surface area (Å²) in [5.41, 5.74) is 5.83. The highest BCUT2D eigenvalue weighted by Crippen LogP contribution is 2.40. The molecule has 0 aromatic heterocycles. The van der Waals surface area contributed by atoms with Gasteiger partial charge in [-0.05, 0) is 68.4 Å². The molecule has 1 amide bonds. The number of hydrogen-bond acceptors (Lipinski definition) is 6. The Bertz CT molecular complexity index is 1360. The summed E-state index contributed by atoms with van der Waals surface area (Å²) in [5, 5.41) is 13.1. The molecule has 3 saturated heterocycles. The van der Waals surface area contributed by atoms with Crippen LogP contribution in [-0.4, -0.2) is 84.9 Å². The summed E-state index contributed by atoms with van der Waals surface area (Å²) in [6, 6.07) is 8.17. The van der Waals surface area contributed by atoms with E-state index in [1.165, 1.54) is 36.4 Å². The molecule has 2 bridgehead atoms. The number of piperazine rings is 1. The molecule has 2 aromatic carbocycles. The minimum absolute atomic E-state index is 0.0178. The van der Waals surface area contributed by atoms with Crippen molar-refractivity contribution in [1.29, 1.82) is 0 Å². The summed E-state index contributed by atoms with van der Waals surface area (Å²) in [6.45, 7) is -0.0141. The topological polar surface area (TPSA) is 116 Å². The first-order valence-corrected chi connectivity index (χ1v) is 15.7. The Balaban J connectivity index is 1.36. The average molecular weight is 595 g/mol. The zero-order valence-electron chi connectivity index (χ0n) is 22.8. The van der Waals surface area contributed by atoms with Crippen molar-refractivity contribution in [2.24, 2.45) is 5.73 Å². The Morgan fingerprint density at radius 2 is 1.93 bits per heavy atom. The molecule has 3 aliphatic heterocycles. The number of amides is 1. The molecule has 0 spiro atoms. The number of aliphatic hydroxyl groups is 1. The molecule has 12 heteroatoms. The van der Waals surface area contributed by atoms with Gasteiger partial charge in [0.25, 0.3) is 0 Å². The van der Waals surface area contributed by atoms with Gasteiger partial charge in [-0.15, -0.1) is 0 Å². The molecule has 5 unspecified atom stereocenters. The Morgan fingerprint density at radius 1 is 1.17 bits per heavy atom. The Labute approximate surface area is 238 Å². The predicted octanol–water partition coefficient (Wildman–Crippen LogP) is 2.70. The van der Waals surface area contributed by atoms with Gasteiger partial charge in [-0.25, -0.2) is 17.2 Å². The zero-order valence-corrected chi connectivity index (χ0v) is 23.6. The highest BCUT2D eigenvalue weighted by molar-refractivity contribution is 7.89. The molecule has 7 atom stereocenters. The van der Waals surface area contributed by atoms with E-state index in [2.05, 4.69) is 10.2 Å². The number of benzene rings is 2. The maximum absolute atomic E-state index is 15.2. The summed E-state index contributed by atoms with van der Waals surface area (Å²) < 4.78 is 69.6. The van der Waals surface area contributed by atoms with Crippen LogP contribution in [0.4, 0.5) is 18.9 Å². The van der Waals surface area contributed by atoms with E-state index < -0.39 is 52.3 Å². The van der Waals surface area contributed by atoms with Gasteiger partial charge in [-0.2, -0.15) is 4.31 Å². The number of alkyl halides is 1. The van der Waals surface area contributed by atoms with Gasteiger partial charge >= 0.3 is 0 Å². The normalized spacial score (nSPS) is 28.6. The molecule has 3 fully saturated rings. The highest BCUT2D eigenvalue weighted by Gasteiger charge is 2.55. The van der Waals surface area contributed by atoms with Gasteiger partial charge in [0.2, 0.25) is 15.9 Å². The third kappa shape index (κ3) is 5.90. The van der Waals surface area contributed by atoms with Gasteiger partial charge in [-0.3, -0.25) is 14.1 Å². The monoisotopic (exact) mass is 594 g/mol. The fourth-order valence-electron chi connectivity index (χ4n) is 6.70. The SMILES string of the molecule is N[C@H](C(=O)Nc1cccc(F)c1CC[C@H]1C2CN2C2CCCS(=O)(=O)N1C2)C(CO)(CCCF)c1ccc(F)cc1. The van der Waals surface area contributed by atoms with Crippen molar-refractivity contribution in [1.82, 2.24) is 9.21 Å². The van der Waals surface area contributed by atoms with Crippen molar-refractivity contribution in [2.45, 2.75) is 68.1 Å². The summed E-state index contributed by atoms with van der Waals surface area (Å²) in [5.74, 6) is -1.65. The number of nitrogens with one attached hydrogen (secondary N) is 1. The molecule has 0 aliphatic carbocycles. The number of nitrogens with zero attached hydrogens (tertiary/aromatic N) is 2. The molecular formula is C29H37F3N4O4S. The lowest BCUT2D eigenvalue weighted by Crippen LogP contribution is -2.55. The first-order chi connectivity index (χ1) is 19.6. The van der Waals surface area contributed by atoms with E-state index in [0.717, 1.165) is 13.0 Å². The molecule has 4 N–H and O–H groups in total. The number of anilines is 1. The van der Waals surface area contributed by atoms with E-state index >= 15 is 4.39 Å². The standard InChI is InChI=1S/C29H37F3N4O4S/c30-14-3-13-29(18-37,19-7-9-20(31)10-8-19)27(33)28(38)34-24-6-1-5-23(32)22(24)11-12-25-26-17-35(26)21-4-2-15-41(39,40)36(25)16-21/h1,5-10,21,25-27,37H,2-4,11-18,33H2,(H,34,38)/t21?,25-,26?,27+,29?,35?/m0/s1. The van der Waals surface area contributed by atoms with Crippen molar-refractivity contribution >= 4 is 21.6 Å². The fraction of sp³-hybridized carbons (Fsp3) is 0.552. The van der Waals surface area contributed by atoms with Crippen LogP contribution in [0, 0.1) is 11.6 Å². The number of rotatable bonds is 11. The van der Waals surface area contributed by atoms with E-state index in [0.29, 0.717) is 24.9 Å². The fourth-order valence-corrected chi connectivity index (χ4v) is 8.52. The van der Waals surface area contributed by atoms with Crippen LogP contribution in [0.15, 0.2) is 42.5 Å². The second-order valence-electron chi connectivity index (χ2n) is 11.4. The number of halogens is 3. The van der Waals surface area contributed by atoms with Gasteiger partial charge in [0.1, 0.15) is 11.6 Å². The molecule has 3 heterocycles. The molecular weight excluding hydrogens is 557 g/mol. The van der Waals surface area contributed by atoms with Gasteiger partial charge in [-0.1, -0.05) is 18.2 Å². The number of sulfonamides is 1. The van der Waals surface area contributed by atoms with Crippen LogP contribution in [0.1, 0.15) is 43.2 Å². The summed E-state index contributed by atoms with van der Waals surface area (Å²) >= 11 is 0. The zero-order chi connectivity index (χ0) is 29.4. The number of hydrogen-bond donors (Lipinski definition) is 3. The lowest BCUT2D eigenvalue weighted by molar-refractivity contribution is -0.119. The van der Waals surface area contributed by atoms with Gasteiger partial charge in [0, 0.05) is 47.9 Å². The van der Waals surface area contributed by atoms with E-state index in [-0.39, 0.29) is 54.4 Å². The largest absolute Gasteiger partial charge is 0.395 e. The van der Waals surface area contributed by atoms with Gasteiger partial charge in [0.05, 0.1) is 25.1 Å². The summed E-state index contributed by atoms with van der Waals surface area (Å²) in [7, 11) is -3.41. The van der Waals surface area contributed by atoms with Crippen LogP contribution in [-0.2, 0) is 26.7 Å². The maximum atomic E-state index is 15.2. The third-order valence-electron chi connectivity index (χ3n) is 9.06. The number of nitrogens with two attached hydrogens (primary N) is 1. The minimum Gasteiger partial charge on any atom is -0.395 e. The van der Waals surface area contributed by atoms with Crippen LogP contribution >= 0.6 is 0 Å². The predicted molar refractivity (Wildman–Crippen MR) is 149 cm³/mol. The number of carbonyl (C=O) groups excluding carboxylic acids is 1. The molecule has 5 rings (SSSR count). The lowest BCUT2D eigenvalue weighted by Gasteiger charge is -2.37. The third-order valence-corrected chi connectivity index (χ3v) is 11.0. The van der Waals surface area contributed by atoms with E-state index in [4.69, 9.17) is 5.73 Å². The van der Waals surface area contributed by atoms with E-state index in [1.807, 2.05) is 0 Å². The Hall–Kier alpha value is -2.51. The highest BCUT2D eigenvalue weighted by atomic mass is 32.2. The van der Waals surface area contributed by atoms with Gasteiger partial charge in [0.15, 0.2) is 0 Å². The van der Waals surface area contributed by atoms with Crippen LogP contribution in [0.2, 0.25) is 0 Å². The number of aliphatic hydroxyl groups excluding tert-OH is 1. The quantitative estimate of drug-likeness (QED) is 0.345. The second kappa shape index (κ2) is 12.0. The summed E-state index contributed by atoms with van der Waals surface area (Å²) in [6.07, 6.45) is 2.10. The van der Waals surface area contributed by atoms with Crippen molar-refractivity contribution in [2.75, 3.05) is 37.4 Å². The number of carbonyl (C=O) groups is 1. The number of fused-ring (bicyclic) bond motifs is 4. The van der Waals surface area contributed by atoms with Gasteiger partial charge < -0.3 is 16.2 Å². The molecule has 41 heavy (non-hydrogen) atoms. The van der Waals surface area contributed by atoms with E-state index in [9.17, 15) is 27.1 Å². The smallest absolute Gasteiger partial charge is 0.242 e. The molecule has 3 aliphatic rings. The van der Waals surface area contributed by atoms with Crippen molar-refractivity contribution in [3.05, 3.63) is 65.2 Å². The summed E-state index contributed by atoms with van der Waals surface area (Å²) in [4.78, 5) is 15.8. The van der Waals surface area contributed by atoms with Crippen LogP contribution < -0.4 is 11.1 Å². The second-order valence-corrected chi connectivity index (χ2v) is 13.4. The molecule has 0 saturated carbocycles. The van der Waals surface area contributed by atoms with Crippen molar-refractivity contribution < 1.29 is 31.5 Å². The Kier molecular flexibility index (Phi) is 8.77. The molecule has 224 valence electrons. The average Bonchev–Trinajstić information content (AvgIpc) is 3.77. The molecule has 8 nitrogen and oxygen atoms in total. The first-order valence-electron chi connectivity index (χ1n) is 14.1. The van der Waals surface area contributed by atoms with Crippen LogP contribution in [0.3, 0.4) is 0 Å². The minimum atomic E-state index is -3.41. The molecule has 2 aromatic rings. The van der Waals surface area contributed by atoms with E-state index in [1.54, 1.807) is 10.4 Å². The Morgan fingerprint density at radius 3 is 2.63 bits per heavy atom. The molecule has 0 radical (unpaired) electrons. The van der Waals surface area contributed by atoms with Crippen molar-refractivity contribution in [3.63, 3.8) is 0 Å². The lowest BCUT2D eigenvalue weighted by atomic mass is 9.71. The van der Waals surface area contributed by atoms with Crippen LogP contribution in [0.25, 0.3) is 0 Å². The van der Waals surface area contributed by atoms with Crippen molar-refractivity contribution in [3.8, 4) is 0 Å². The van der Waals surface area contributed by atoms with Crippen LogP contribution in [0.5, 0.6) is 0 Å². The maximum Gasteiger partial charge on any atom is 0.242 e.